The van der Waals surface area contributed by atoms with Crippen molar-refractivity contribution in [2.24, 2.45) is 0 Å². The Bertz CT molecular complexity index is 743. The molecule has 0 N–H and O–H groups in total. The van der Waals surface area contributed by atoms with Crippen LogP contribution < -0.4 is 9.47 Å². The maximum absolute atomic E-state index is 10.7. The molecule has 8 heteroatoms. The van der Waals surface area contributed by atoms with Crippen LogP contribution in [-0.2, 0) is 0 Å². The van der Waals surface area contributed by atoms with Crippen LogP contribution in [0.4, 0.5) is 5.69 Å². The Hall–Kier alpha value is -2.85. The second kappa shape index (κ2) is 6.07. The standard InChI is InChI=1S/C13H8ClN3O4/c1-20-11-6-9(17(18)19)2-3-10(11)21-13-5-8(7-15)4-12(14)16-13/h2-6H,1H3. The molecule has 0 saturated heterocycles. The Morgan fingerprint density at radius 2 is 2.10 bits per heavy atom. The highest BCUT2D eigenvalue weighted by Gasteiger charge is 2.14. The van der Waals surface area contributed by atoms with E-state index in [4.69, 9.17) is 26.3 Å². The molecule has 0 radical (unpaired) electrons. The van der Waals surface area contributed by atoms with Gasteiger partial charge in [0, 0.05) is 12.1 Å². The van der Waals surface area contributed by atoms with E-state index in [0.717, 1.165) is 0 Å². The number of nitrogens with zero attached hydrogens (tertiary/aromatic N) is 3. The molecule has 1 aromatic heterocycles. The summed E-state index contributed by atoms with van der Waals surface area (Å²) in [7, 11) is 1.36. The summed E-state index contributed by atoms with van der Waals surface area (Å²) in [6, 6.07) is 8.59. The van der Waals surface area contributed by atoms with Gasteiger partial charge in [0.05, 0.1) is 29.7 Å². The Kier molecular flexibility index (Phi) is 4.21. The van der Waals surface area contributed by atoms with Crippen molar-refractivity contribution in [1.29, 1.82) is 5.26 Å². The summed E-state index contributed by atoms with van der Waals surface area (Å²) in [5, 5.41) is 19.7. The van der Waals surface area contributed by atoms with Gasteiger partial charge in [0.15, 0.2) is 11.5 Å². The molecule has 0 amide bonds. The molecule has 0 bridgehead atoms. The third kappa shape index (κ3) is 3.38. The first-order chi connectivity index (χ1) is 10.0. The van der Waals surface area contributed by atoms with E-state index in [0.29, 0.717) is 0 Å². The number of hydrogen-bond donors (Lipinski definition) is 0. The number of halogens is 1. The first-order valence-corrected chi connectivity index (χ1v) is 5.99. The summed E-state index contributed by atoms with van der Waals surface area (Å²) in [6.07, 6.45) is 0. The fraction of sp³-hybridized carbons (Fsp3) is 0.0769. The molecule has 1 heterocycles. The monoisotopic (exact) mass is 305 g/mol. The summed E-state index contributed by atoms with van der Waals surface area (Å²) in [6.45, 7) is 0. The average Bonchev–Trinajstić information content (AvgIpc) is 2.46. The molecule has 2 rings (SSSR count). The van der Waals surface area contributed by atoms with Gasteiger partial charge in [-0.3, -0.25) is 10.1 Å². The molecule has 0 fully saturated rings. The van der Waals surface area contributed by atoms with Gasteiger partial charge in [-0.1, -0.05) is 11.6 Å². The lowest BCUT2D eigenvalue weighted by Crippen LogP contribution is -1.95. The van der Waals surface area contributed by atoms with E-state index in [1.54, 1.807) is 0 Å². The zero-order valence-corrected chi connectivity index (χ0v) is 11.5. The van der Waals surface area contributed by atoms with Gasteiger partial charge in [-0.15, -0.1) is 0 Å². The van der Waals surface area contributed by atoms with Crippen LogP contribution in [0.2, 0.25) is 5.15 Å². The Balaban J connectivity index is 2.37. The summed E-state index contributed by atoms with van der Waals surface area (Å²) in [4.78, 5) is 14.1. The number of nitro groups is 1. The molecular weight excluding hydrogens is 298 g/mol. The zero-order chi connectivity index (χ0) is 15.4. The van der Waals surface area contributed by atoms with E-state index < -0.39 is 4.92 Å². The van der Waals surface area contributed by atoms with Gasteiger partial charge >= 0.3 is 0 Å². The maximum atomic E-state index is 10.7. The fourth-order valence-electron chi connectivity index (χ4n) is 1.56. The van der Waals surface area contributed by atoms with E-state index >= 15 is 0 Å². The van der Waals surface area contributed by atoms with Crippen molar-refractivity contribution in [3.63, 3.8) is 0 Å². The molecule has 0 saturated carbocycles. The molecule has 2 aromatic rings. The molecule has 0 spiro atoms. The van der Waals surface area contributed by atoms with E-state index in [1.807, 2.05) is 6.07 Å². The number of pyridine rings is 1. The largest absolute Gasteiger partial charge is 0.493 e. The van der Waals surface area contributed by atoms with Gasteiger partial charge in [-0.25, -0.2) is 4.98 Å². The summed E-state index contributed by atoms with van der Waals surface area (Å²) in [5.74, 6) is 0.484. The highest BCUT2D eigenvalue weighted by Crippen LogP contribution is 2.34. The number of methoxy groups -OCH3 is 1. The number of ether oxygens (including phenoxy) is 2. The third-order valence-electron chi connectivity index (χ3n) is 2.47. The summed E-state index contributed by atoms with van der Waals surface area (Å²) >= 11 is 5.77. The molecule has 0 aliphatic carbocycles. The second-order valence-electron chi connectivity index (χ2n) is 3.82. The van der Waals surface area contributed by atoms with Crippen molar-refractivity contribution in [3.8, 4) is 23.4 Å². The Morgan fingerprint density at radius 3 is 2.71 bits per heavy atom. The number of nitriles is 1. The predicted octanol–water partition coefficient (Wildman–Crippen LogP) is 3.32. The number of benzene rings is 1. The minimum atomic E-state index is -0.544. The van der Waals surface area contributed by atoms with E-state index in [2.05, 4.69) is 4.98 Å². The molecule has 0 atom stereocenters. The number of rotatable bonds is 4. The first kappa shape index (κ1) is 14.6. The van der Waals surface area contributed by atoms with Crippen LogP contribution in [0, 0.1) is 21.4 Å². The van der Waals surface area contributed by atoms with Gasteiger partial charge in [-0.2, -0.15) is 5.26 Å². The van der Waals surface area contributed by atoms with E-state index in [1.165, 1.54) is 37.4 Å². The first-order valence-electron chi connectivity index (χ1n) is 5.61. The molecule has 0 aliphatic rings. The Morgan fingerprint density at radius 1 is 1.33 bits per heavy atom. The van der Waals surface area contributed by atoms with Gasteiger partial charge in [-0.05, 0) is 12.1 Å². The van der Waals surface area contributed by atoms with Gasteiger partial charge in [0.25, 0.3) is 5.69 Å². The molecule has 106 valence electrons. The second-order valence-corrected chi connectivity index (χ2v) is 4.21. The Labute approximate surface area is 124 Å². The summed E-state index contributed by atoms with van der Waals surface area (Å²) in [5.41, 5.74) is 0.154. The van der Waals surface area contributed by atoms with E-state index in [-0.39, 0.29) is 33.8 Å². The minimum absolute atomic E-state index is 0.0891. The molecular formula is C13H8ClN3O4. The van der Waals surface area contributed by atoms with Gasteiger partial charge < -0.3 is 9.47 Å². The zero-order valence-electron chi connectivity index (χ0n) is 10.7. The predicted molar refractivity (Wildman–Crippen MR) is 73.7 cm³/mol. The van der Waals surface area contributed by atoms with Crippen molar-refractivity contribution >= 4 is 17.3 Å². The number of hydrogen-bond acceptors (Lipinski definition) is 6. The smallest absolute Gasteiger partial charge is 0.273 e. The topological polar surface area (TPSA) is 98.3 Å². The third-order valence-corrected chi connectivity index (χ3v) is 2.67. The van der Waals surface area contributed by atoms with E-state index in [9.17, 15) is 10.1 Å². The molecule has 7 nitrogen and oxygen atoms in total. The molecule has 1 aromatic carbocycles. The van der Waals surface area contributed by atoms with Crippen LogP contribution in [0.25, 0.3) is 0 Å². The lowest BCUT2D eigenvalue weighted by Gasteiger charge is -2.09. The van der Waals surface area contributed by atoms with Crippen molar-refractivity contribution in [3.05, 3.63) is 51.2 Å². The highest BCUT2D eigenvalue weighted by molar-refractivity contribution is 6.29. The van der Waals surface area contributed by atoms with Crippen LogP contribution in [-0.4, -0.2) is 17.0 Å². The maximum Gasteiger partial charge on any atom is 0.273 e. The van der Waals surface area contributed by atoms with Gasteiger partial charge in [0.2, 0.25) is 5.88 Å². The van der Waals surface area contributed by atoms with Crippen LogP contribution in [0.1, 0.15) is 5.56 Å². The quantitative estimate of drug-likeness (QED) is 0.488. The van der Waals surface area contributed by atoms with Crippen molar-refractivity contribution in [1.82, 2.24) is 4.98 Å². The highest BCUT2D eigenvalue weighted by atomic mass is 35.5. The molecule has 0 unspecified atom stereocenters. The number of non-ortho nitro benzene ring substituents is 1. The molecule has 21 heavy (non-hydrogen) atoms. The SMILES string of the molecule is COc1cc([N+](=O)[O-])ccc1Oc1cc(C#N)cc(Cl)n1. The van der Waals surface area contributed by atoms with Crippen LogP contribution >= 0.6 is 11.6 Å². The van der Waals surface area contributed by atoms with Crippen LogP contribution in [0.5, 0.6) is 17.4 Å². The van der Waals surface area contributed by atoms with Crippen LogP contribution in [0.3, 0.4) is 0 Å². The normalized spacial score (nSPS) is 9.76. The number of nitro benzene ring substituents is 1. The van der Waals surface area contributed by atoms with Crippen LogP contribution in [0.15, 0.2) is 30.3 Å². The minimum Gasteiger partial charge on any atom is -0.493 e. The average molecular weight is 306 g/mol. The number of aromatic nitrogens is 1. The van der Waals surface area contributed by atoms with Crippen molar-refractivity contribution < 1.29 is 14.4 Å². The van der Waals surface area contributed by atoms with Crippen molar-refractivity contribution in [2.45, 2.75) is 0 Å². The van der Waals surface area contributed by atoms with Crippen molar-refractivity contribution in [2.75, 3.05) is 7.11 Å². The molecule has 0 aliphatic heterocycles. The summed E-state index contributed by atoms with van der Waals surface area (Å²) < 4.78 is 10.5. The fourth-order valence-corrected chi connectivity index (χ4v) is 1.76. The lowest BCUT2D eigenvalue weighted by atomic mass is 10.2. The van der Waals surface area contributed by atoms with Gasteiger partial charge in [0.1, 0.15) is 5.15 Å². The lowest BCUT2D eigenvalue weighted by molar-refractivity contribution is -0.384.